The number of benzene rings is 3. The Morgan fingerprint density at radius 3 is 2.21 bits per heavy atom. The van der Waals surface area contributed by atoms with Crippen LogP contribution in [0.1, 0.15) is 43.4 Å². The van der Waals surface area contributed by atoms with E-state index in [0.717, 1.165) is 21.5 Å². The van der Waals surface area contributed by atoms with Crippen LogP contribution in [0.25, 0.3) is 0 Å². The number of aryl methyl sites for hydroxylation is 2. The van der Waals surface area contributed by atoms with E-state index in [1.807, 2.05) is 38.1 Å². The Bertz CT molecular complexity index is 1540. The SMILES string of the molecule is CCCNC(=O)[C@H](CC)N(Cc1ccc(C)cc1)C(=O)CN(c1ccc(OC)cc1)S(=O)(=O)c1ccc(C)c([N+](=O)[O-])c1. The highest BCUT2D eigenvalue weighted by atomic mass is 32.2. The van der Waals surface area contributed by atoms with Gasteiger partial charge >= 0.3 is 0 Å². The number of ether oxygens (including phenoxy) is 1. The number of carbonyl (C=O) groups excluding carboxylic acids is 2. The molecule has 3 aromatic carbocycles. The normalized spacial score (nSPS) is 11.8. The number of methoxy groups -OCH3 is 1. The summed E-state index contributed by atoms with van der Waals surface area (Å²) in [6.45, 7) is 7.01. The van der Waals surface area contributed by atoms with Crippen LogP contribution < -0.4 is 14.4 Å². The number of rotatable bonds is 14. The van der Waals surface area contributed by atoms with Crippen LogP contribution in [-0.2, 0) is 26.2 Å². The average Bonchev–Trinajstić information content (AvgIpc) is 2.99. The molecular weight excluding hydrogens is 572 g/mol. The third kappa shape index (κ3) is 8.10. The number of nitro benzene ring substituents is 1. The van der Waals surface area contributed by atoms with Crippen LogP contribution in [0.3, 0.4) is 0 Å². The second kappa shape index (κ2) is 14.6. The van der Waals surface area contributed by atoms with Gasteiger partial charge in [-0.05, 0) is 62.6 Å². The maximum atomic E-state index is 14.1. The second-order valence-corrected chi connectivity index (χ2v) is 12.0. The molecule has 3 rings (SSSR count). The molecule has 1 atom stereocenters. The lowest BCUT2D eigenvalue weighted by Crippen LogP contribution is -2.52. The Balaban J connectivity index is 2.11. The fourth-order valence-corrected chi connectivity index (χ4v) is 5.96. The van der Waals surface area contributed by atoms with Crippen molar-refractivity contribution in [1.82, 2.24) is 10.2 Å². The molecule has 43 heavy (non-hydrogen) atoms. The van der Waals surface area contributed by atoms with E-state index in [-0.39, 0.29) is 28.7 Å². The van der Waals surface area contributed by atoms with E-state index < -0.39 is 33.4 Å². The van der Waals surface area contributed by atoms with Gasteiger partial charge in [-0.15, -0.1) is 0 Å². The molecule has 3 aromatic rings. The Kier molecular flexibility index (Phi) is 11.2. The lowest BCUT2D eigenvalue weighted by molar-refractivity contribution is -0.385. The maximum absolute atomic E-state index is 14.1. The van der Waals surface area contributed by atoms with Crippen molar-refractivity contribution in [3.8, 4) is 5.75 Å². The first-order valence-electron chi connectivity index (χ1n) is 14.0. The van der Waals surface area contributed by atoms with Crippen molar-refractivity contribution < 1.29 is 27.7 Å². The van der Waals surface area contributed by atoms with Crippen LogP contribution >= 0.6 is 0 Å². The summed E-state index contributed by atoms with van der Waals surface area (Å²) in [6, 6.07) is 16.3. The van der Waals surface area contributed by atoms with Gasteiger partial charge < -0.3 is 15.0 Å². The summed E-state index contributed by atoms with van der Waals surface area (Å²) in [6.07, 6.45) is 1.01. The third-order valence-corrected chi connectivity index (χ3v) is 8.78. The fourth-order valence-electron chi connectivity index (χ4n) is 4.53. The topological polar surface area (TPSA) is 139 Å². The number of anilines is 1. The fraction of sp³-hybridized carbons (Fsp3) is 0.355. The van der Waals surface area contributed by atoms with Crippen LogP contribution in [0.2, 0.25) is 0 Å². The van der Waals surface area contributed by atoms with Crippen LogP contribution in [0, 0.1) is 24.0 Å². The van der Waals surface area contributed by atoms with E-state index >= 15 is 0 Å². The molecule has 0 aliphatic heterocycles. The highest BCUT2D eigenvalue weighted by Gasteiger charge is 2.34. The minimum absolute atomic E-state index is 0.0731. The number of nitrogens with one attached hydrogen (secondary N) is 1. The molecule has 0 saturated heterocycles. The number of carbonyl (C=O) groups is 2. The zero-order valence-electron chi connectivity index (χ0n) is 25.1. The van der Waals surface area contributed by atoms with Gasteiger partial charge in [-0.3, -0.25) is 24.0 Å². The largest absolute Gasteiger partial charge is 0.497 e. The zero-order chi connectivity index (χ0) is 31.7. The standard InChI is InChI=1S/C31H38N4O7S/c1-6-18-32-31(37)28(7-2)33(20-24-11-8-22(3)9-12-24)30(36)21-34(25-13-15-26(42-5)16-14-25)43(40,41)27-17-10-23(4)29(19-27)35(38)39/h8-17,19,28H,6-7,18,20-21H2,1-5H3,(H,32,37)/t28-/m0/s1. The van der Waals surface area contributed by atoms with Gasteiger partial charge in [0.1, 0.15) is 18.3 Å². The highest BCUT2D eigenvalue weighted by molar-refractivity contribution is 7.92. The summed E-state index contributed by atoms with van der Waals surface area (Å²) in [5.74, 6) is -0.476. The van der Waals surface area contributed by atoms with Gasteiger partial charge in [0, 0.05) is 24.7 Å². The van der Waals surface area contributed by atoms with Crippen molar-refractivity contribution in [2.75, 3.05) is 24.5 Å². The van der Waals surface area contributed by atoms with Gasteiger partial charge in [0.15, 0.2) is 0 Å². The first kappa shape index (κ1) is 33.1. The summed E-state index contributed by atoms with van der Waals surface area (Å²) in [5, 5.41) is 14.5. The number of hydrogen-bond donors (Lipinski definition) is 1. The smallest absolute Gasteiger partial charge is 0.273 e. The minimum Gasteiger partial charge on any atom is -0.497 e. The molecule has 0 heterocycles. The number of nitrogens with zero attached hydrogens (tertiary/aromatic N) is 3. The average molecular weight is 611 g/mol. The maximum Gasteiger partial charge on any atom is 0.273 e. The van der Waals surface area contributed by atoms with Crippen molar-refractivity contribution in [2.45, 2.75) is 58.0 Å². The Labute approximate surface area is 252 Å². The molecule has 0 saturated carbocycles. The van der Waals surface area contributed by atoms with Crippen molar-refractivity contribution in [2.24, 2.45) is 0 Å². The predicted molar refractivity (Wildman–Crippen MR) is 164 cm³/mol. The summed E-state index contributed by atoms with van der Waals surface area (Å²) in [5.41, 5.74) is 1.88. The third-order valence-electron chi connectivity index (χ3n) is 7.01. The number of hydrogen-bond acceptors (Lipinski definition) is 7. The van der Waals surface area contributed by atoms with E-state index in [0.29, 0.717) is 30.7 Å². The highest BCUT2D eigenvalue weighted by Crippen LogP contribution is 2.29. The van der Waals surface area contributed by atoms with Crippen molar-refractivity contribution in [1.29, 1.82) is 0 Å². The number of sulfonamides is 1. The van der Waals surface area contributed by atoms with Gasteiger partial charge in [-0.25, -0.2) is 8.42 Å². The van der Waals surface area contributed by atoms with Gasteiger partial charge in [0.2, 0.25) is 11.8 Å². The lowest BCUT2D eigenvalue weighted by Gasteiger charge is -2.33. The number of amides is 2. The molecular formula is C31H38N4O7S. The Morgan fingerprint density at radius 1 is 1.00 bits per heavy atom. The summed E-state index contributed by atoms with van der Waals surface area (Å²) in [4.78, 5) is 39.3. The molecule has 0 spiro atoms. The molecule has 0 bridgehead atoms. The van der Waals surface area contributed by atoms with E-state index in [1.54, 1.807) is 19.1 Å². The molecule has 0 aliphatic rings. The summed E-state index contributed by atoms with van der Waals surface area (Å²) >= 11 is 0. The molecule has 0 aromatic heterocycles. The summed E-state index contributed by atoms with van der Waals surface area (Å²) in [7, 11) is -3.01. The second-order valence-electron chi connectivity index (χ2n) is 10.1. The monoisotopic (exact) mass is 610 g/mol. The Hall–Kier alpha value is -4.45. The molecule has 0 radical (unpaired) electrons. The molecule has 1 N–H and O–H groups in total. The van der Waals surface area contributed by atoms with Crippen LogP contribution in [0.5, 0.6) is 5.75 Å². The van der Waals surface area contributed by atoms with Crippen LogP contribution in [0.4, 0.5) is 11.4 Å². The molecule has 0 unspecified atom stereocenters. The molecule has 11 nitrogen and oxygen atoms in total. The van der Waals surface area contributed by atoms with Gasteiger partial charge in [-0.1, -0.05) is 49.7 Å². The van der Waals surface area contributed by atoms with Gasteiger partial charge in [0.05, 0.1) is 22.6 Å². The van der Waals surface area contributed by atoms with E-state index in [4.69, 9.17) is 4.74 Å². The van der Waals surface area contributed by atoms with Gasteiger partial charge in [0.25, 0.3) is 15.7 Å². The van der Waals surface area contributed by atoms with E-state index in [9.17, 15) is 28.1 Å². The molecule has 230 valence electrons. The zero-order valence-corrected chi connectivity index (χ0v) is 25.9. The van der Waals surface area contributed by atoms with Crippen molar-refractivity contribution in [3.05, 3.63) is 93.5 Å². The first-order chi connectivity index (χ1) is 20.4. The van der Waals surface area contributed by atoms with Crippen molar-refractivity contribution in [3.63, 3.8) is 0 Å². The molecule has 2 amide bonds. The first-order valence-corrected chi connectivity index (χ1v) is 15.4. The van der Waals surface area contributed by atoms with Crippen LogP contribution in [0.15, 0.2) is 71.6 Å². The van der Waals surface area contributed by atoms with E-state index in [2.05, 4.69) is 5.32 Å². The van der Waals surface area contributed by atoms with Gasteiger partial charge in [-0.2, -0.15) is 0 Å². The molecule has 0 aliphatic carbocycles. The van der Waals surface area contributed by atoms with E-state index in [1.165, 1.54) is 43.2 Å². The Morgan fingerprint density at radius 2 is 1.65 bits per heavy atom. The van der Waals surface area contributed by atoms with Crippen molar-refractivity contribution >= 4 is 33.2 Å². The number of nitro groups is 1. The minimum atomic E-state index is -4.48. The lowest BCUT2D eigenvalue weighted by atomic mass is 10.1. The quantitative estimate of drug-likeness (QED) is 0.205. The molecule has 12 heteroatoms. The molecule has 0 fully saturated rings. The van der Waals surface area contributed by atoms with Crippen LogP contribution in [-0.4, -0.2) is 56.3 Å². The summed E-state index contributed by atoms with van der Waals surface area (Å²) < 4.78 is 34.2. The predicted octanol–water partition coefficient (Wildman–Crippen LogP) is 4.75.